The van der Waals surface area contributed by atoms with E-state index in [1.807, 2.05) is 13.0 Å². The minimum atomic E-state index is -1.09. The van der Waals surface area contributed by atoms with E-state index < -0.39 is 17.7 Å². The molecular formula is C31H38F2N10O3. The summed E-state index contributed by atoms with van der Waals surface area (Å²) >= 11 is 0. The van der Waals surface area contributed by atoms with Crippen molar-refractivity contribution in [1.82, 2.24) is 30.3 Å². The van der Waals surface area contributed by atoms with Crippen molar-refractivity contribution in [2.24, 2.45) is 11.5 Å². The predicted molar refractivity (Wildman–Crippen MR) is 171 cm³/mol. The average Bonchev–Trinajstić information content (AvgIpc) is 3.48. The molecule has 46 heavy (non-hydrogen) atoms. The number of benzene rings is 2. The average molecular weight is 637 g/mol. The van der Waals surface area contributed by atoms with Crippen molar-refractivity contribution in [3.63, 3.8) is 0 Å². The van der Waals surface area contributed by atoms with E-state index in [4.69, 9.17) is 21.6 Å². The minimum absolute atomic E-state index is 0.0211. The quantitative estimate of drug-likeness (QED) is 0.0583. The summed E-state index contributed by atoms with van der Waals surface area (Å²) in [6.45, 7) is 3.12. The summed E-state index contributed by atoms with van der Waals surface area (Å²) in [5, 5.41) is 18.6. The Balaban J connectivity index is 1.34. The van der Waals surface area contributed by atoms with Gasteiger partial charge in [-0.15, -0.1) is 0 Å². The van der Waals surface area contributed by atoms with Gasteiger partial charge in [0.25, 0.3) is 5.91 Å². The van der Waals surface area contributed by atoms with Gasteiger partial charge in [0.05, 0.1) is 25.0 Å². The summed E-state index contributed by atoms with van der Waals surface area (Å²) in [5.41, 5.74) is 13.9. The molecule has 13 nitrogen and oxygen atoms in total. The molecule has 0 unspecified atom stereocenters. The highest BCUT2D eigenvalue weighted by atomic mass is 19.2. The highest BCUT2D eigenvalue weighted by Gasteiger charge is 2.20. The zero-order chi connectivity index (χ0) is 33.2. The number of aromatic nitrogens is 3. The lowest BCUT2D eigenvalue weighted by Gasteiger charge is -2.14. The van der Waals surface area contributed by atoms with Crippen LogP contribution in [-0.2, 0) is 11.2 Å². The lowest BCUT2D eigenvalue weighted by atomic mass is 10.0. The number of hydrogen-bond acceptors (Lipinski definition) is 8. The molecule has 244 valence electrons. The molecule has 0 fully saturated rings. The zero-order valence-electron chi connectivity index (χ0n) is 25.6. The number of amides is 2. The number of imidazole rings is 1. The molecule has 2 amide bonds. The number of hydrogen-bond donors (Lipinski definition) is 7. The van der Waals surface area contributed by atoms with E-state index in [1.165, 1.54) is 31.6 Å². The molecule has 2 aromatic carbocycles. The van der Waals surface area contributed by atoms with Gasteiger partial charge < -0.3 is 37.5 Å². The molecule has 0 aliphatic rings. The molecular weight excluding hydrogens is 598 g/mol. The smallest absolute Gasteiger partial charge is 0.251 e. The molecule has 0 radical (unpaired) electrons. The van der Waals surface area contributed by atoms with E-state index in [9.17, 15) is 18.4 Å². The number of ether oxygens (including phenoxy) is 1. The summed E-state index contributed by atoms with van der Waals surface area (Å²) in [6.07, 6.45) is 6.72. The van der Waals surface area contributed by atoms with Crippen LogP contribution in [0.3, 0.4) is 0 Å². The predicted octanol–water partition coefficient (Wildman–Crippen LogP) is 2.82. The fourth-order valence-corrected chi connectivity index (χ4v) is 4.82. The monoisotopic (exact) mass is 636 g/mol. The molecule has 2 heterocycles. The summed E-state index contributed by atoms with van der Waals surface area (Å²) in [4.78, 5) is 33.9. The summed E-state index contributed by atoms with van der Waals surface area (Å²) in [7, 11) is 1.27. The fourth-order valence-electron chi connectivity index (χ4n) is 4.82. The van der Waals surface area contributed by atoms with E-state index in [2.05, 4.69) is 31.2 Å². The molecule has 1 atom stereocenters. The van der Waals surface area contributed by atoms with Crippen LogP contribution in [0.5, 0.6) is 5.75 Å². The highest BCUT2D eigenvalue weighted by Crippen LogP contribution is 2.31. The number of carbonyl (C=O) groups excluding carboxylic acids is 2. The van der Waals surface area contributed by atoms with E-state index in [0.29, 0.717) is 73.7 Å². The van der Waals surface area contributed by atoms with E-state index >= 15 is 0 Å². The maximum Gasteiger partial charge on any atom is 0.251 e. The number of fused-ring (bicyclic) bond motifs is 1. The fraction of sp³-hybridized carbons (Fsp3) is 0.323. The van der Waals surface area contributed by atoms with Gasteiger partial charge in [-0.1, -0.05) is 6.92 Å². The van der Waals surface area contributed by atoms with Crippen LogP contribution in [0.15, 0.2) is 48.9 Å². The van der Waals surface area contributed by atoms with Crippen LogP contribution in [-0.4, -0.2) is 64.9 Å². The standard InChI is InChI=1S/C31H38F2N10O3/c1-3-18-16-19(7-8-20(18)29(44)38-12-5-13-39-30(45)22(34)6-4-11-40-31(35)36)42-27-28-41-17-23(43(28)15-14-37-27)21-9-10-24(46-2)26(33)25(21)32/h7-10,14-17,22H,3-6,11-13,34H2,1-2H3,(H,37,42)(H,38,44)(H,39,45)(H4,35,36,40)/t22-/m0/s1. The first kappa shape index (κ1) is 33.6. The van der Waals surface area contributed by atoms with Crippen molar-refractivity contribution in [1.29, 1.82) is 5.41 Å². The van der Waals surface area contributed by atoms with Crippen LogP contribution in [0.25, 0.3) is 16.9 Å². The van der Waals surface area contributed by atoms with Crippen molar-refractivity contribution in [3.8, 4) is 17.0 Å². The first-order valence-electron chi connectivity index (χ1n) is 14.8. The van der Waals surface area contributed by atoms with Gasteiger partial charge in [-0.2, -0.15) is 4.39 Å². The van der Waals surface area contributed by atoms with Gasteiger partial charge in [0.1, 0.15) is 0 Å². The number of rotatable bonds is 15. The number of aryl methyl sites for hydroxylation is 1. The largest absolute Gasteiger partial charge is 0.494 e. The molecule has 4 rings (SSSR count). The van der Waals surface area contributed by atoms with E-state index in [1.54, 1.807) is 22.7 Å². The van der Waals surface area contributed by atoms with Gasteiger partial charge in [0.15, 0.2) is 29.0 Å². The maximum absolute atomic E-state index is 14.8. The third kappa shape index (κ3) is 8.04. The van der Waals surface area contributed by atoms with Crippen LogP contribution >= 0.6 is 0 Å². The van der Waals surface area contributed by atoms with Crippen molar-refractivity contribution in [3.05, 3.63) is 71.7 Å². The Kier molecular flexibility index (Phi) is 11.4. The Bertz CT molecular complexity index is 1710. The third-order valence-electron chi connectivity index (χ3n) is 7.25. The lowest BCUT2D eigenvalue weighted by Crippen LogP contribution is -2.42. The number of nitrogens with one attached hydrogen (secondary N) is 5. The van der Waals surface area contributed by atoms with Gasteiger partial charge in [0, 0.05) is 48.8 Å². The topological polar surface area (TPSA) is 198 Å². The normalized spacial score (nSPS) is 11.6. The van der Waals surface area contributed by atoms with Gasteiger partial charge in [-0.05, 0) is 61.6 Å². The number of guanidine groups is 1. The Hall–Kier alpha value is -5.31. The molecule has 0 aliphatic heterocycles. The highest BCUT2D eigenvalue weighted by molar-refractivity contribution is 5.96. The summed E-state index contributed by atoms with van der Waals surface area (Å²) in [6, 6.07) is 7.42. The van der Waals surface area contributed by atoms with E-state index in [-0.39, 0.29) is 29.1 Å². The van der Waals surface area contributed by atoms with E-state index in [0.717, 1.165) is 5.56 Å². The maximum atomic E-state index is 14.8. The third-order valence-corrected chi connectivity index (χ3v) is 7.25. The van der Waals surface area contributed by atoms with Crippen LogP contribution < -0.4 is 37.5 Å². The SMILES string of the molecule is CCc1cc(Nc2nccn3c(-c4ccc(OC)c(F)c4F)cnc23)ccc1C(=O)NCCCNC(=O)[C@@H](N)CCCNC(=N)N. The second-order valence-corrected chi connectivity index (χ2v) is 10.4. The molecule has 0 bridgehead atoms. The second kappa shape index (κ2) is 15.6. The van der Waals surface area contributed by atoms with Crippen LogP contribution in [0.2, 0.25) is 0 Å². The van der Waals surface area contributed by atoms with Crippen LogP contribution in [0.4, 0.5) is 20.3 Å². The second-order valence-electron chi connectivity index (χ2n) is 10.4. The number of nitrogens with zero attached hydrogens (tertiary/aromatic N) is 3. The minimum Gasteiger partial charge on any atom is -0.494 e. The van der Waals surface area contributed by atoms with Gasteiger partial charge in [-0.25, -0.2) is 14.4 Å². The van der Waals surface area contributed by atoms with Gasteiger partial charge >= 0.3 is 0 Å². The number of halogens is 2. The summed E-state index contributed by atoms with van der Waals surface area (Å²) < 4.78 is 35.7. The number of methoxy groups -OCH3 is 1. The van der Waals surface area contributed by atoms with Crippen molar-refractivity contribution in [2.45, 2.75) is 38.6 Å². The number of carbonyl (C=O) groups is 2. The van der Waals surface area contributed by atoms with Gasteiger partial charge in [0.2, 0.25) is 11.7 Å². The Morgan fingerprint density at radius 2 is 1.80 bits per heavy atom. The number of nitrogens with two attached hydrogens (primary N) is 2. The molecule has 0 saturated heterocycles. The molecule has 4 aromatic rings. The lowest BCUT2D eigenvalue weighted by molar-refractivity contribution is -0.122. The first-order valence-corrected chi connectivity index (χ1v) is 14.8. The van der Waals surface area contributed by atoms with Crippen LogP contribution in [0.1, 0.15) is 42.1 Å². The molecule has 15 heteroatoms. The molecule has 2 aromatic heterocycles. The zero-order valence-corrected chi connectivity index (χ0v) is 25.6. The van der Waals surface area contributed by atoms with Crippen molar-refractivity contribution < 1.29 is 23.1 Å². The van der Waals surface area contributed by atoms with Crippen molar-refractivity contribution >= 4 is 34.9 Å². The molecule has 0 aliphatic carbocycles. The Morgan fingerprint density at radius 3 is 2.54 bits per heavy atom. The van der Waals surface area contributed by atoms with Crippen molar-refractivity contribution in [2.75, 3.05) is 32.1 Å². The molecule has 0 saturated carbocycles. The Morgan fingerprint density at radius 1 is 1.04 bits per heavy atom. The number of anilines is 2. The van der Waals surface area contributed by atoms with Crippen LogP contribution in [0, 0.1) is 17.0 Å². The Labute approximate surface area is 264 Å². The summed E-state index contributed by atoms with van der Waals surface area (Å²) in [5.74, 6) is -2.58. The molecule has 9 N–H and O–H groups in total. The first-order chi connectivity index (χ1) is 22.1. The van der Waals surface area contributed by atoms with Gasteiger partial charge in [-0.3, -0.25) is 19.4 Å². The molecule has 0 spiro atoms.